The topological polar surface area (TPSA) is 101 Å². The molecule has 1 atom stereocenters. The first-order valence-electron chi connectivity index (χ1n) is 15.6. The van der Waals surface area contributed by atoms with Crippen LogP contribution in [0.5, 0.6) is 0 Å². The Bertz CT molecular complexity index is 1620. The van der Waals surface area contributed by atoms with Crippen LogP contribution in [0.4, 0.5) is 11.4 Å². The highest BCUT2D eigenvalue weighted by Gasteiger charge is 2.44. The van der Waals surface area contributed by atoms with Crippen molar-refractivity contribution in [3.63, 3.8) is 0 Å². The predicted molar refractivity (Wildman–Crippen MR) is 177 cm³/mol. The molecule has 0 aromatic heterocycles. The lowest BCUT2D eigenvalue weighted by Crippen LogP contribution is -2.29. The second-order valence-corrected chi connectivity index (χ2v) is 14.2. The molecule has 0 radical (unpaired) electrons. The molecule has 2 aliphatic heterocycles. The van der Waals surface area contributed by atoms with E-state index in [0.717, 1.165) is 30.8 Å². The zero-order valence-corrected chi connectivity index (χ0v) is 27.5. The Labute approximate surface area is 263 Å². The minimum Gasteiger partial charge on any atom is -0.748 e. The molecule has 8 heteroatoms. The molecule has 236 valence electrons. The maximum atomic E-state index is 11.2. The Morgan fingerprint density at radius 1 is 1.00 bits per heavy atom. The average Bonchev–Trinajstić information content (AvgIpc) is 3.32. The molecule has 0 saturated carbocycles. The van der Waals surface area contributed by atoms with Crippen LogP contribution in [0.15, 0.2) is 78.5 Å². The maximum absolute atomic E-state index is 11.2. The van der Waals surface area contributed by atoms with Crippen LogP contribution in [0.25, 0.3) is 0 Å². The fourth-order valence-corrected chi connectivity index (χ4v) is 7.37. The third-order valence-electron chi connectivity index (χ3n) is 9.08. The van der Waals surface area contributed by atoms with Crippen molar-refractivity contribution >= 4 is 33.2 Å². The van der Waals surface area contributed by atoms with E-state index in [-0.39, 0.29) is 23.0 Å². The number of allylic oxidation sites excluding steroid dienone is 6. The predicted octanol–water partition coefficient (Wildman–Crippen LogP) is 7.14. The molecular formula is C36H46N2O5S. The number of anilines is 1. The number of hydrogen-bond acceptors (Lipinski definition) is 5. The first-order valence-corrected chi connectivity index (χ1v) is 17.2. The number of hydrogen-bond donors (Lipinski definition) is 1. The van der Waals surface area contributed by atoms with Crippen LogP contribution in [-0.2, 0) is 25.7 Å². The number of fused-ring (bicyclic) bond motifs is 2. The summed E-state index contributed by atoms with van der Waals surface area (Å²) < 4.78 is 36.0. The highest BCUT2D eigenvalue weighted by molar-refractivity contribution is 7.85. The Balaban J connectivity index is 1.63. The van der Waals surface area contributed by atoms with E-state index in [4.69, 9.17) is 5.11 Å². The summed E-state index contributed by atoms with van der Waals surface area (Å²) in [7, 11) is -4.26. The number of nitrogens with zero attached hydrogens (tertiary/aromatic N) is 2. The van der Waals surface area contributed by atoms with E-state index >= 15 is 0 Å². The lowest BCUT2D eigenvalue weighted by molar-refractivity contribution is -0.433. The van der Waals surface area contributed by atoms with Crippen molar-refractivity contribution in [2.75, 3.05) is 23.7 Å². The number of para-hydroxylation sites is 1. The van der Waals surface area contributed by atoms with Crippen LogP contribution in [0.2, 0.25) is 0 Å². The highest BCUT2D eigenvalue weighted by atomic mass is 32.2. The normalized spacial score (nSPS) is 20.3. The van der Waals surface area contributed by atoms with Gasteiger partial charge in [-0.3, -0.25) is 4.79 Å². The summed E-state index contributed by atoms with van der Waals surface area (Å²) in [4.78, 5) is 13.4. The van der Waals surface area contributed by atoms with Gasteiger partial charge in [0.2, 0.25) is 5.69 Å². The van der Waals surface area contributed by atoms with Gasteiger partial charge in [-0.25, -0.2) is 8.42 Å². The minimum atomic E-state index is -4.26. The van der Waals surface area contributed by atoms with E-state index < -0.39 is 16.1 Å². The number of carboxylic acid groups (broad SMARTS) is 1. The van der Waals surface area contributed by atoms with E-state index in [2.05, 4.69) is 98.7 Å². The summed E-state index contributed by atoms with van der Waals surface area (Å²) in [5.74, 6) is -1.16. The molecule has 0 amide bonds. The third-order valence-corrected chi connectivity index (χ3v) is 9.87. The van der Waals surface area contributed by atoms with E-state index in [9.17, 15) is 17.8 Å². The van der Waals surface area contributed by atoms with Crippen LogP contribution < -0.4 is 4.90 Å². The Hall–Kier alpha value is -3.49. The van der Waals surface area contributed by atoms with Crippen molar-refractivity contribution in [3.8, 4) is 0 Å². The molecule has 0 fully saturated rings. The van der Waals surface area contributed by atoms with Crippen LogP contribution in [-0.4, -0.2) is 53.2 Å². The van der Waals surface area contributed by atoms with Crippen LogP contribution in [0, 0.1) is 6.92 Å². The van der Waals surface area contributed by atoms with Crippen LogP contribution >= 0.6 is 0 Å². The van der Waals surface area contributed by atoms with Crippen LogP contribution in [0.3, 0.4) is 0 Å². The molecule has 1 N–H and O–H groups in total. The molecule has 1 unspecified atom stereocenters. The summed E-state index contributed by atoms with van der Waals surface area (Å²) in [6.07, 6.45) is 13.7. The van der Waals surface area contributed by atoms with Crippen molar-refractivity contribution in [1.82, 2.24) is 0 Å². The number of rotatable bonds is 14. The number of carbonyl (C=O) groups is 1. The van der Waals surface area contributed by atoms with Crippen molar-refractivity contribution in [1.29, 1.82) is 0 Å². The summed E-state index contributed by atoms with van der Waals surface area (Å²) in [5.41, 5.74) is 8.00. The molecule has 2 aromatic carbocycles. The Morgan fingerprint density at radius 2 is 1.75 bits per heavy atom. The fraction of sp³-hybridized carbons (Fsp3) is 0.444. The molecular weight excluding hydrogens is 572 g/mol. The molecule has 4 rings (SSSR count). The number of benzene rings is 2. The summed E-state index contributed by atoms with van der Waals surface area (Å²) in [6.45, 7) is 12.5. The van der Waals surface area contributed by atoms with Gasteiger partial charge in [0.05, 0.1) is 15.5 Å². The number of aliphatic carboxylic acids is 1. The SMILES string of the molecule is CC[N+]1=C(/C=C/C=C/C=C2/N(CCCCS(=O)(=O)[O-])c3ccccc3C2(C)CCCCC(=O)O)C(C)(C)c2cc(C)ccc21. The lowest BCUT2D eigenvalue weighted by atomic mass is 9.77. The van der Waals surface area contributed by atoms with Crippen molar-refractivity contribution in [3.05, 3.63) is 95.2 Å². The largest absolute Gasteiger partial charge is 0.748 e. The van der Waals surface area contributed by atoms with Gasteiger partial charge in [-0.2, -0.15) is 4.58 Å². The Morgan fingerprint density at radius 3 is 2.45 bits per heavy atom. The summed E-state index contributed by atoms with van der Waals surface area (Å²) >= 11 is 0. The molecule has 7 nitrogen and oxygen atoms in total. The summed E-state index contributed by atoms with van der Waals surface area (Å²) in [5, 5.41) is 9.17. The van der Waals surface area contributed by atoms with E-state index in [1.165, 1.54) is 28.1 Å². The molecule has 2 heterocycles. The Kier molecular flexibility index (Phi) is 10.4. The first kappa shape index (κ1) is 33.4. The van der Waals surface area contributed by atoms with Gasteiger partial charge in [-0.1, -0.05) is 54.5 Å². The van der Waals surface area contributed by atoms with Crippen molar-refractivity contribution < 1.29 is 27.4 Å². The highest BCUT2D eigenvalue weighted by Crippen LogP contribution is 2.50. The summed E-state index contributed by atoms with van der Waals surface area (Å²) in [6, 6.07) is 14.9. The van der Waals surface area contributed by atoms with Crippen LogP contribution in [0.1, 0.15) is 82.9 Å². The smallest absolute Gasteiger partial charge is 0.303 e. The van der Waals surface area contributed by atoms with E-state index in [1.807, 2.05) is 18.2 Å². The second kappa shape index (κ2) is 13.7. The van der Waals surface area contributed by atoms with Crippen molar-refractivity contribution in [2.24, 2.45) is 0 Å². The fourth-order valence-electron chi connectivity index (χ4n) is 6.81. The molecule has 0 aliphatic carbocycles. The van der Waals surface area contributed by atoms with E-state index in [1.54, 1.807) is 0 Å². The van der Waals surface area contributed by atoms with Gasteiger partial charge in [0.25, 0.3) is 0 Å². The average molecular weight is 619 g/mol. The quantitative estimate of drug-likeness (QED) is 0.105. The molecule has 2 aromatic rings. The lowest BCUT2D eigenvalue weighted by Gasteiger charge is -2.30. The van der Waals surface area contributed by atoms with E-state index in [0.29, 0.717) is 25.8 Å². The first-order chi connectivity index (χ1) is 20.8. The molecule has 0 bridgehead atoms. The number of unbranched alkanes of at least 4 members (excludes halogenated alkanes) is 2. The second-order valence-electron chi connectivity index (χ2n) is 12.6. The number of aryl methyl sites for hydroxylation is 1. The standard InChI is InChI=1S/C36H46N2O5S/c1-6-37-31-22-21-27(2)26-29(31)35(3,4)32(37)18-8-7-9-19-33-36(5,23-13-12-20-34(39)40)28-16-10-11-17-30(28)38(33)24-14-15-25-44(41,42)43/h7-11,16-19,21-22,26H,6,12-15,20,23-25H2,1-5H3,(H-,39,40,41,42,43). The molecule has 0 spiro atoms. The van der Waals surface area contributed by atoms with Gasteiger partial charge in [-0.05, 0) is 84.1 Å². The van der Waals surface area contributed by atoms with Gasteiger partial charge in [-0.15, -0.1) is 0 Å². The number of carboxylic acids is 1. The minimum absolute atomic E-state index is 0.115. The van der Waals surface area contributed by atoms with Gasteiger partial charge in [0.1, 0.15) is 6.54 Å². The monoisotopic (exact) mass is 618 g/mol. The van der Waals surface area contributed by atoms with Gasteiger partial charge >= 0.3 is 5.97 Å². The third kappa shape index (κ3) is 7.24. The van der Waals surface area contributed by atoms with Gasteiger partial charge in [0, 0.05) is 53.2 Å². The molecule has 0 saturated heterocycles. The zero-order chi connectivity index (χ0) is 32.1. The van der Waals surface area contributed by atoms with Crippen molar-refractivity contribution in [2.45, 2.75) is 84.0 Å². The molecule has 44 heavy (non-hydrogen) atoms. The van der Waals surface area contributed by atoms with Gasteiger partial charge < -0.3 is 14.6 Å². The van der Waals surface area contributed by atoms with Gasteiger partial charge in [0.15, 0.2) is 5.71 Å². The zero-order valence-electron chi connectivity index (χ0n) is 26.7. The maximum Gasteiger partial charge on any atom is 0.303 e. The molecule has 2 aliphatic rings.